The fraction of sp³-hybridized carbons (Fsp3) is 0.357. The summed E-state index contributed by atoms with van der Waals surface area (Å²) in [7, 11) is 1.28. The van der Waals surface area contributed by atoms with Gasteiger partial charge in [-0.25, -0.2) is 4.79 Å². The number of carbonyl (C=O) groups is 3. The number of benzene rings is 1. The quantitative estimate of drug-likeness (QED) is 0.833. The van der Waals surface area contributed by atoms with Gasteiger partial charge in [0.25, 0.3) is 0 Å². The van der Waals surface area contributed by atoms with Gasteiger partial charge in [0.05, 0.1) is 24.9 Å². The Labute approximate surface area is 116 Å². The summed E-state index contributed by atoms with van der Waals surface area (Å²) in [6, 6.07) is 6.59. The van der Waals surface area contributed by atoms with Crippen molar-refractivity contribution in [3.8, 4) is 0 Å². The standard InChI is InChI=1S/C14H16N2O4/c1-20-14(19)10-5-2-3-6-11(10)15-12(17)9-16-8-4-7-13(16)18/h2-3,5-6H,4,7-9H2,1H3,(H,15,17). The zero-order valence-corrected chi connectivity index (χ0v) is 11.2. The molecule has 0 bridgehead atoms. The van der Waals surface area contributed by atoms with Crippen molar-refractivity contribution in [2.24, 2.45) is 0 Å². The first kappa shape index (κ1) is 14.0. The molecule has 0 saturated carbocycles. The summed E-state index contributed by atoms with van der Waals surface area (Å²) >= 11 is 0. The first-order valence-corrected chi connectivity index (χ1v) is 6.37. The Bertz CT molecular complexity index is 542. The summed E-state index contributed by atoms with van der Waals surface area (Å²) in [5.74, 6) is -0.851. The van der Waals surface area contributed by atoms with Crippen molar-refractivity contribution in [1.29, 1.82) is 0 Å². The van der Waals surface area contributed by atoms with Gasteiger partial charge in [-0.1, -0.05) is 12.1 Å². The third kappa shape index (κ3) is 3.14. The lowest BCUT2D eigenvalue weighted by Crippen LogP contribution is -2.34. The monoisotopic (exact) mass is 276 g/mol. The molecule has 1 aromatic carbocycles. The number of hydrogen-bond acceptors (Lipinski definition) is 4. The number of esters is 1. The highest BCUT2D eigenvalue weighted by atomic mass is 16.5. The highest BCUT2D eigenvalue weighted by Gasteiger charge is 2.23. The van der Waals surface area contributed by atoms with Gasteiger partial charge in [0.15, 0.2) is 0 Å². The van der Waals surface area contributed by atoms with Crippen LogP contribution >= 0.6 is 0 Å². The van der Waals surface area contributed by atoms with Gasteiger partial charge in [-0.3, -0.25) is 9.59 Å². The van der Waals surface area contributed by atoms with Crippen molar-refractivity contribution in [3.05, 3.63) is 29.8 Å². The number of rotatable bonds is 4. The third-order valence-electron chi connectivity index (χ3n) is 3.11. The molecule has 2 rings (SSSR count). The topological polar surface area (TPSA) is 75.7 Å². The third-order valence-corrected chi connectivity index (χ3v) is 3.11. The minimum atomic E-state index is -0.516. The molecule has 0 unspecified atom stereocenters. The van der Waals surface area contributed by atoms with Gasteiger partial charge >= 0.3 is 5.97 Å². The van der Waals surface area contributed by atoms with Gasteiger partial charge in [-0.05, 0) is 18.6 Å². The molecular formula is C14H16N2O4. The number of likely N-dealkylation sites (tertiary alicyclic amines) is 1. The van der Waals surface area contributed by atoms with Crippen molar-refractivity contribution >= 4 is 23.5 Å². The van der Waals surface area contributed by atoms with Gasteiger partial charge in [0, 0.05) is 13.0 Å². The van der Waals surface area contributed by atoms with E-state index in [2.05, 4.69) is 10.1 Å². The first-order valence-electron chi connectivity index (χ1n) is 6.37. The SMILES string of the molecule is COC(=O)c1ccccc1NC(=O)CN1CCCC1=O. The lowest BCUT2D eigenvalue weighted by Gasteiger charge is -2.15. The second-order valence-corrected chi connectivity index (χ2v) is 4.50. The molecule has 0 aromatic heterocycles. The smallest absolute Gasteiger partial charge is 0.339 e. The molecule has 6 nitrogen and oxygen atoms in total. The van der Waals surface area contributed by atoms with Gasteiger partial charge in [0.1, 0.15) is 0 Å². The van der Waals surface area contributed by atoms with Gasteiger partial charge in [-0.2, -0.15) is 0 Å². The molecule has 20 heavy (non-hydrogen) atoms. The molecular weight excluding hydrogens is 260 g/mol. The average Bonchev–Trinajstić information content (AvgIpc) is 2.84. The van der Waals surface area contributed by atoms with Crippen molar-refractivity contribution in [3.63, 3.8) is 0 Å². The highest BCUT2D eigenvalue weighted by molar-refractivity contribution is 6.02. The van der Waals surface area contributed by atoms with E-state index in [-0.39, 0.29) is 23.9 Å². The van der Waals surface area contributed by atoms with E-state index in [1.165, 1.54) is 12.0 Å². The van der Waals surface area contributed by atoms with Crippen LogP contribution in [0.25, 0.3) is 0 Å². The van der Waals surface area contributed by atoms with Crippen LogP contribution in [0.15, 0.2) is 24.3 Å². The fourth-order valence-electron chi connectivity index (χ4n) is 2.11. The number of carbonyl (C=O) groups excluding carboxylic acids is 3. The second kappa shape index (κ2) is 6.18. The van der Waals surface area contributed by atoms with Crippen molar-refractivity contribution in [1.82, 2.24) is 4.90 Å². The summed E-state index contributed by atoms with van der Waals surface area (Å²) in [4.78, 5) is 36.5. The molecule has 1 N–H and O–H groups in total. The Balaban J connectivity index is 2.04. The molecule has 0 spiro atoms. The van der Waals surface area contributed by atoms with Crippen LogP contribution in [0, 0.1) is 0 Å². The number of hydrogen-bond donors (Lipinski definition) is 1. The number of para-hydroxylation sites is 1. The van der Waals surface area contributed by atoms with Crippen molar-refractivity contribution in [2.75, 3.05) is 25.5 Å². The summed E-state index contributed by atoms with van der Waals surface area (Å²) < 4.78 is 4.65. The minimum Gasteiger partial charge on any atom is -0.465 e. The van der Waals surface area contributed by atoms with E-state index >= 15 is 0 Å². The molecule has 1 fully saturated rings. The zero-order valence-electron chi connectivity index (χ0n) is 11.2. The molecule has 0 aliphatic carbocycles. The van der Waals surface area contributed by atoms with E-state index < -0.39 is 5.97 Å². The predicted octanol–water partition coefficient (Wildman–Crippen LogP) is 1.03. The van der Waals surface area contributed by atoms with Crippen LogP contribution in [0.5, 0.6) is 0 Å². The van der Waals surface area contributed by atoms with Crippen LogP contribution in [-0.4, -0.2) is 42.9 Å². The Morgan fingerprint density at radius 3 is 2.75 bits per heavy atom. The lowest BCUT2D eigenvalue weighted by molar-refractivity contribution is -0.131. The number of anilines is 1. The van der Waals surface area contributed by atoms with Crippen molar-refractivity contribution < 1.29 is 19.1 Å². The highest BCUT2D eigenvalue weighted by Crippen LogP contribution is 2.16. The van der Waals surface area contributed by atoms with E-state index in [9.17, 15) is 14.4 Å². The summed E-state index contributed by atoms with van der Waals surface area (Å²) in [5.41, 5.74) is 0.673. The van der Waals surface area contributed by atoms with E-state index in [1.807, 2.05) is 0 Å². The molecule has 0 atom stereocenters. The van der Waals surface area contributed by atoms with Crippen LogP contribution < -0.4 is 5.32 Å². The summed E-state index contributed by atoms with van der Waals surface area (Å²) in [5, 5.41) is 2.64. The summed E-state index contributed by atoms with van der Waals surface area (Å²) in [6.07, 6.45) is 1.27. The maximum Gasteiger partial charge on any atom is 0.339 e. The number of nitrogens with zero attached hydrogens (tertiary/aromatic N) is 1. The van der Waals surface area contributed by atoms with Gasteiger partial charge < -0.3 is 15.0 Å². The van der Waals surface area contributed by atoms with E-state index in [0.717, 1.165) is 6.42 Å². The summed E-state index contributed by atoms with van der Waals surface area (Å²) in [6.45, 7) is 0.610. The second-order valence-electron chi connectivity index (χ2n) is 4.50. The maximum absolute atomic E-state index is 11.9. The molecule has 1 aliphatic heterocycles. The predicted molar refractivity (Wildman–Crippen MR) is 72.2 cm³/mol. The molecule has 106 valence electrons. The Kier molecular flexibility index (Phi) is 4.34. The normalized spacial score (nSPS) is 14.2. The van der Waals surface area contributed by atoms with Crippen molar-refractivity contribution in [2.45, 2.75) is 12.8 Å². The number of methoxy groups -OCH3 is 1. The zero-order chi connectivity index (χ0) is 14.5. The largest absolute Gasteiger partial charge is 0.465 e. The average molecular weight is 276 g/mol. The maximum atomic E-state index is 11.9. The van der Waals surface area contributed by atoms with E-state index in [0.29, 0.717) is 18.7 Å². The van der Waals surface area contributed by atoms with Crippen LogP contribution in [0.2, 0.25) is 0 Å². The molecule has 0 radical (unpaired) electrons. The van der Waals surface area contributed by atoms with E-state index in [1.54, 1.807) is 24.3 Å². The molecule has 1 saturated heterocycles. The minimum absolute atomic E-state index is 0.00827. The lowest BCUT2D eigenvalue weighted by atomic mass is 10.2. The molecule has 6 heteroatoms. The van der Waals surface area contributed by atoms with Gasteiger partial charge in [0.2, 0.25) is 11.8 Å². The van der Waals surface area contributed by atoms with Crippen LogP contribution in [0.1, 0.15) is 23.2 Å². The number of ether oxygens (including phenoxy) is 1. The molecule has 1 aromatic rings. The Morgan fingerprint density at radius 2 is 2.10 bits per heavy atom. The van der Waals surface area contributed by atoms with Gasteiger partial charge in [-0.15, -0.1) is 0 Å². The number of amides is 2. The molecule has 2 amide bonds. The van der Waals surface area contributed by atoms with Crippen LogP contribution in [0.4, 0.5) is 5.69 Å². The first-order chi connectivity index (χ1) is 9.61. The Hall–Kier alpha value is -2.37. The molecule has 1 aliphatic rings. The van der Waals surface area contributed by atoms with E-state index in [4.69, 9.17) is 0 Å². The molecule has 1 heterocycles. The van der Waals surface area contributed by atoms with Crippen LogP contribution in [-0.2, 0) is 14.3 Å². The van der Waals surface area contributed by atoms with Crippen LogP contribution in [0.3, 0.4) is 0 Å². The number of nitrogens with one attached hydrogen (secondary N) is 1. The fourth-order valence-corrected chi connectivity index (χ4v) is 2.11. The Morgan fingerprint density at radius 1 is 1.35 bits per heavy atom.